The van der Waals surface area contributed by atoms with Crippen LogP contribution in [-0.2, 0) is 16.7 Å². The number of hydrogen-bond acceptors (Lipinski definition) is 5. The molecule has 3 aliphatic rings. The summed E-state index contributed by atoms with van der Waals surface area (Å²) in [4.78, 5) is 15.1. The fourth-order valence-corrected chi connectivity index (χ4v) is 5.79. The minimum absolute atomic E-state index is 0.0212. The van der Waals surface area contributed by atoms with Crippen LogP contribution in [0.15, 0.2) is 36.4 Å². The number of methoxy groups -OCH3 is 1. The first kappa shape index (κ1) is 19.7. The summed E-state index contributed by atoms with van der Waals surface area (Å²) in [6.07, 6.45) is 1.43. The maximum atomic E-state index is 12.8. The first-order valence-corrected chi connectivity index (χ1v) is 10.8. The van der Waals surface area contributed by atoms with E-state index in [1.54, 1.807) is 31.4 Å². The molecular formula is C24H26ClNO4. The Hall–Kier alpha value is -2.24. The summed E-state index contributed by atoms with van der Waals surface area (Å²) < 4.78 is 18.1. The number of carbonyl (C=O) groups is 1. The molecule has 1 aliphatic carbocycles. The number of rotatable bonds is 3. The molecule has 0 radical (unpaired) electrons. The Balaban J connectivity index is 1.50. The molecule has 2 aromatic rings. The highest BCUT2D eigenvalue weighted by Crippen LogP contribution is 2.61. The predicted octanol–water partition coefficient (Wildman–Crippen LogP) is 4.45. The third kappa shape index (κ3) is 2.83. The van der Waals surface area contributed by atoms with Crippen molar-refractivity contribution in [2.75, 3.05) is 20.7 Å². The van der Waals surface area contributed by atoms with Gasteiger partial charge in [0.1, 0.15) is 12.2 Å². The van der Waals surface area contributed by atoms with Crippen molar-refractivity contribution < 1.29 is 19.0 Å². The summed E-state index contributed by atoms with van der Waals surface area (Å²) in [6.45, 7) is 4.05. The standard InChI is InChI=1S/C24H26ClNO4/c1-14-19(29-23(27)15-4-7-17(25)8-5-15)12-20-24(14)10-11-26(2)13-16-6-9-18(28-3)22(30-20)21(16)24/h4-9,14,19-20H,10-13H2,1-3H3/t14?,19-,20?,24-/m1/s1. The first-order valence-electron chi connectivity index (χ1n) is 10.5. The van der Waals surface area contributed by atoms with Crippen molar-refractivity contribution in [1.29, 1.82) is 0 Å². The van der Waals surface area contributed by atoms with E-state index in [0.717, 1.165) is 31.0 Å². The van der Waals surface area contributed by atoms with Crippen LogP contribution < -0.4 is 9.47 Å². The molecule has 1 saturated carbocycles. The SMILES string of the molecule is COc1ccc2c3c1OC1C[C@@H](OC(=O)c4ccc(Cl)cc4)C(C)[C@@]31CCN(C)C2. The van der Waals surface area contributed by atoms with Gasteiger partial charge >= 0.3 is 5.97 Å². The van der Waals surface area contributed by atoms with Crippen molar-refractivity contribution in [1.82, 2.24) is 4.90 Å². The Bertz CT molecular complexity index is 991. The maximum absolute atomic E-state index is 12.8. The van der Waals surface area contributed by atoms with E-state index in [2.05, 4.69) is 24.9 Å². The zero-order valence-corrected chi connectivity index (χ0v) is 18.2. The number of hydrogen-bond donors (Lipinski definition) is 0. The molecule has 6 heteroatoms. The molecule has 5 rings (SSSR count). The number of carbonyl (C=O) groups excluding carboxylic acids is 1. The summed E-state index contributed by atoms with van der Waals surface area (Å²) in [7, 11) is 3.84. The molecule has 2 aromatic carbocycles. The summed E-state index contributed by atoms with van der Waals surface area (Å²) in [5, 5.41) is 0.600. The van der Waals surface area contributed by atoms with Gasteiger partial charge in [0, 0.05) is 34.9 Å². The van der Waals surface area contributed by atoms with E-state index in [1.807, 2.05) is 6.07 Å². The van der Waals surface area contributed by atoms with Gasteiger partial charge in [-0.25, -0.2) is 4.79 Å². The van der Waals surface area contributed by atoms with E-state index in [4.69, 9.17) is 25.8 Å². The van der Waals surface area contributed by atoms with E-state index < -0.39 is 0 Å². The van der Waals surface area contributed by atoms with Gasteiger partial charge in [0.05, 0.1) is 12.7 Å². The quantitative estimate of drug-likeness (QED) is 0.677. The molecule has 0 aromatic heterocycles. The minimum Gasteiger partial charge on any atom is -0.493 e. The Morgan fingerprint density at radius 3 is 2.73 bits per heavy atom. The summed E-state index contributed by atoms with van der Waals surface area (Å²) >= 11 is 5.95. The molecule has 0 amide bonds. The highest BCUT2D eigenvalue weighted by molar-refractivity contribution is 6.30. The molecule has 0 bridgehead atoms. The molecular weight excluding hydrogens is 402 g/mol. The van der Waals surface area contributed by atoms with Crippen molar-refractivity contribution >= 4 is 17.6 Å². The van der Waals surface area contributed by atoms with Gasteiger partial charge in [0.25, 0.3) is 0 Å². The predicted molar refractivity (Wildman–Crippen MR) is 114 cm³/mol. The number of esters is 1. The molecule has 30 heavy (non-hydrogen) atoms. The van der Waals surface area contributed by atoms with Crippen LogP contribution in [0.25, 0.3) is 0 Å². The fourth-order valence-electron chi connectivity index (χ4n) is 5.66. The van der Waals surface area contributed by atoms with Crippen molar-refractivity contribution in [3.05, 3.63) is 58.1 Å². The average Bonchev–Trinajstić information content (AvgIpc) is 3.12. The zero-order valence-electron chi connectivity index (χ0n) is 17.5. The van der Waals surface area contributed by atoms with E-state index in [0.29, 0.717) is 17.0 Å². The molecule has 4 atom stereocenters. The van der Waals surface area contributed by atoms with Gasteiger partial charge in [-0.05, 0) is 55.9 Å². The molecule has 2 heterocycles. The van der Waals surface area contributed by atoms with Crippen LogP contribution in [0.1, 0.15) is 41.3 Å². The van der Waals surface area contributed by atoms with Gasteiger partial charge in [0.2, 0.25) is 0 Å². The highest BCUT2D eigenvalue weighted by atomic mass is 35.5. The van der Waals surface area contributed by atoms with Crippen LogP contribution in [0.5, 0.6) is 11.5 Å². The maximum Gasteiger partial charge on any atom is 0.338 e. The lowest BCUT2D eigenvalue weighted by molar-refractivity contribution is 0.0173. The molecule has 1 fully saturated rings. The molecule has 2 unspecified atom stereocenters. The van der Waals surface area contributed by atoms with Gasteiger partial charge in [-0.1, -0.05) is 24.6 Å². The monoisotopic (exact) mass is 427 g/mol. The van der Waals surface area contributed by atoms with Gasteiger partial charge in [-0.15, -0.1) is 0 Å². The topological polar surface area (TPSA) is 48.0 Å². The molecule has 0 saturated heterocycles. The van der Waals surface area contributed by atoms with Crippen LogP contribution in [0.3, 0.4) is 0 Å². The van der Waals surface area contributed by atoms with Gasteiger partial charge in [-0.3, -0.25) is 0 Å². The number of ether oxygens (including phenoxy) is 3. The Morgan fingerprint density at radius 1 is 1.23 bits per heavy atom. The minimum atomic E-state index is -0.309. The van der Waals surface area contributed by atoms with E-state index in [9.17, 15) is 4.79 Å². The van der Waals surface area contributed by atoms with E-state index in [1.165, 1.54) is 11.1 Å². The molecule has 5 nitrogen and oxygen atoms in total. The van der Waals surface area contributed by atoms with Gasteiger partial charge < -0.3 is 19.1 Å². The molecule has 1 spiro atoms. The van der Waals surface area contributed by atoms with Crippen molar-refractivity contribution in [3.8, 4) is 11.5 Å². The van der Waals surface area contributed by atoms with Crippen LogP contribution in [0.2, 0.25) is 5.02 Å². The Labute approximate surface area is 181 Å². The van der Waals surface area contributed by atoms with Crippen molar-refractivity contribution in [2.24, 2.45) is 5.92 Å². The third-order valence-electron chi connectivity index (χ3n) is 7.23. The summed E-state index contributed by atoms with van der Waals surface area (Å²) in [5.74, 6) is 1.49. The van der Waals surface area contributed by atoms with E-state index in [-0.39, 0.29) is 29.5 Å². The van der Waals surface area contributed by atoms with Gasteiger partial charge in [-0.2, -0.15) is 0 Å². The van der Waals surface area contributed by atoms with E-state index >= 15 is 0 Å². The van der Waals surface area contributed by atoms with Crippen LogP contribution in [0, 0.1) is 5.92 Å². The third-order valence-corrected chi connectivity index (χ3v) is 7.48. The Morgan fingerprint density at radius 2 is 2.00 bits per heavy atom. The lowest BCUT2D eigenvalue weighted by atomic mass is 9.69. The van der Waals surface area contributed by atoms with Crippen LogP contribution >= 0.6 is 11.6 Å². The lowest BCUT2D eigenvalue weighted by Crippen LogP contribution is -2.40. The van der Waals surface area contributed by atoms with Crippen LogP contribution in [0.4, 0.5) is 0 Å². The average molecular weight is 428 g/mol. The summed E-state index contributed by atoms with van der Waals surface area (Å²) in [6, 6.07) is 11.0. The highest BCUT2D eigenvalue weighted by Gasteiger charge is 2.62. The number of halogens is 1. The Kier molecular flexibility index (Phi) is 4.71. The summed E-state index contributed by atoms with van der Waals surface area (Å²) in [5.41, 5.74) is 2.89. The second kappa shape index (κ2) is 7.17. The lowest BCUT2D eigenvalue weighted by Gasteiger charge is -2.34. The normalized spacial score (nSPS) is 29.5. The smallest absolute Gasteiger partial charge is 0.338 e. The second-order valence-corrected chi connectivity index (χ2v) is 9.18. The first-order chi connectivity index (χ1) is 14.4. The zero-order chi connectivity index (χ0) is 21.0. The van der Waals surface area contributed by atoms with Gasteiger partial charge in [0.15, 0.2) is 11.5 Å². The number of nitrogens with zero attached hydrogens (tertiary/aromatic N) is 1. The van der Waals surface area contributed by atoms with Crippen molar-refractivity contribution in [2.45, 2.75) is 43.9 Å². The fraction of sp³-hybridized carbons (Fsp3) is 0.458. The van der Waals surface area contributed by atoms with Crippen LogP contribution in [-0.4, -0.2) is 43.8 Å². The second-order valence-electron chi connectivity index (χ2n) is 8.74. The molecule has 158 valence electrons. The molecule has 0 N–H and O–H groups in total. The largest absolute Gasteiger partial charge is 0.493 e. The van der Waals surface area contributed by atoms with Crippen molar-refractivity contribution in [3.63, 3.8) is 0 Å². The number of benzene rings is 2. The molecule has 2 aliphatic heterocycles.